The number of amides is 1. The highest BCUT2D eigenvalue weighted by atomic mass is 32.2. The van der Waals surface area contributed by atoms with E-state index in [0.29, 0.717) is 25.4 Å². The van der Waals surface area contributed by atoms with E-state index in [4.69, 9.17) is 19.7 Å². The molecular weight excluding hydrogens is 436 g/mol. The van der Waals surface area contributed by atoms with Crippen LogP contribution in [-0.2, 0) is 35.2 Å². The summed E-state index contributed by atoms with van der Waals surface area (Å²) >= 11 is 1.60. The van der Waals surface area contributed by atoms with Crippen LogP contribution in [0.3, 0.4) is 0 Å². The van der Waals surface area contributed by atoms with E-state index in [0.717, 1.165) is 70.7 Å². The Labute approximate surface area is 199 Å². The zero-order chi connectivity index (χ0) is 23.4. The number of anilines is 2. The number of carbonyl (C=O) groups is 1. The average molecular weight is 469 g/mol. The smallest absolute Gasteiger partial charge is 0.224 e. The van der Waals surface area contributed by atoms with Gasteiger partial charge in [-0.25, -0.2) is 15.0 Å². The fourth-order valence-electron chi connectivity index (χ4n) is 3.97. The molecule has 1 aliphatic heterocycles. The lowest BCUT2D eigenvalue weighted by atomic mass is 10.1. The SMILES string of the molecule is CCC(=O)Nc1cc(CSc2nc(N3CCOCC3)c3nc(CC)n(C)c3n2)ccc1CC. The molecule has 1 fully saturated rings. The summed E-state index contributed by atoms with van der Waals surface area (Å²) in [4.78, 5) is 28.8. The van der Waals surface area contributed by atoms with Crippen LogP contribution in [0.15, 0.2) is 23.4 Å². The lowest BCUT2D eigenvalue weighted by Gasteiger charge is -2.28. The number of nitrogens with zero attached hydrogens (tertiary/aromatic N) is 5. The summed E-state index contributed by atoms with van der Waals surface area (Å²) in [7, 11) is 2.02. The van der Waals surface area contributed by atoms with E-state index in [1.54, 1.807) is 11.8 Å². The molecule has 1 aliphatic rings. The molecule has 0 atom stereocenters. The Morgan fingerprint density at radius 2 is 1.91 bits per heavy atom. The zero-order valence-electron chi connectivity index (χ0n) is 19.8. The molecule has 3 aromatic rings. The van der Waals surface area contributed by atoms with Gasteiger partial charge in [-0.3, -0.25) is 4.79 Å². The Bertz CT molecular complexity index is 1140. The van der Waals surface area contributed by atoms with Crippen LogP contribution in [0.25, 0.3) is 11.2 Å². The number of fused-ring (bicyclic) bond motifs is 1. The summed E-state index contributed by atoms with van der Waals surface area (Å²) in [5.74, 6) is 2.63. The van der Waals surface area contributed by atoms with Crippen molar-refractivity contribution < 1.29 is 9.53 Å². The number of thioether (sulfide) groups is 1. The quantitative estimate of drug-likeness (QED) is 0.396. The van der Waals surface area contributed by atoms with Crippen molar-refractivity contribution in [1.82, 2.24) is 19.5 Å². The maximum Gasteiger partial charge on any atom is 0.224 e. The lowest BCUT2D eigenvalue weighted by Crippen LogP contribution is -2.37. The van der Waals surface area contributed by atoms with Gasteiger partial charge in [0, 0.05) is 44.4 Å². The van der Waals surface area contributed by atoms with Gasteiger partial charge in [0.15, 0.2) is 22.1 Å². The number of rotatable bonds is 8. The molecule has 3 heterocycles. The van der Waals surface area contributed by atoms with E-state index in [9.17, 15) is 4.79 Å². The second kappa shape index (κ2) is 10.5. The van der Waals surface area contributed by atoms with Crippen LogP contribution in [0.5, 0.6) is 0 Å². The molecule has 176 valence electrons. The van der Waals surface area contributed by atoms with Crippen molar-refractivity contribution in [1.29, 1.82) is 0 Å². The van der Waals surface area contributed by atoms with Crippen LogP contribution in [0, 0.1) is 0 Å². The van der Waals surface area contributed by atoms with Crippen LogP contribution in [-0.4, -0.2) is 51.7 Å². The first-order chi connectivity index (χ1) is 16.0. The number of morpholine rings is 1. The van der Waals surface area contributed by atoms with Crippen LogP contribution in [0.2, 0.25) is 0 Å². The van der Waals surface area contributed by atoms with Gasteiger partial charge in [-0.05, 0) is 23.6 Å². The summed E-state index contributed by atoms with van der Waals surface area (Å²) in [6, 6.07) is 6.28. The standard InChI is InChI=1S/C24H32N6O2S/c1-5-17-9-8-16(14-18(17)25-20(31)7-3)15-33-24-27-22-21(26-19(6-2)29(22)4)23(28-24)30-10-12-32-13-11-30/h8-9,14H,5-7,10-13,15H2,1-4H3,(H,25,31). The van der Waals surface area contributed by atoms with Gasteiger partial charge in [0.25, 0.3) is 0 Å². The van der Waals surface area contributed by atoms with Crippen LogP contribution < -0.4 is 10.2 Å². The molecule has 0 saturated carbocycles. The van der Waals surface area contributed by atoms with Gasteiger partial charge < -0.3 is 19.5 Å². The molecule has 1 amide bonds. The fraction of sp³-hybridized carbons (Fsp3) is 0.500. The summed E-state index contributed by atoms with van der Waals surface area (Å²) < 4.78 is 7.61. The lowest BCUT2D eigenvalue weighted by molar-refractivity contribution is -0.115. The van der Waals surface area contributed by atoms with Crippen molar-refractivity contribution in [3.63, 3.8) is 0 Å². The van der Waals surface area contributed by atoms with Gasteiger partial charge in [0.1, 0.15) is 5.82 Å². The molecule has 8 nitrogen and oxygen atoms in total. The van der Waals surface area contributed by atoms with Crippen molar-refractivity contribution in [2.45, 2.75) is 50.9 Å². The maximum atomic E-state index is 12.0. The van der Waals surface area contributed by atoms with Gasteiger partial charge in [0.05, 0.1) is 13.2 Å². The van der Waals surface area contributed by atoms with E-state index in [1.807, 2.05) is 14.0 Å². The van der Waals surface area contributed by atoms with Gasteiger partial charge in [-0.2, -0.15) is 0 Å². The Morgan fingerprint density at radius 1 is 1.12 bits per heavy atom. The molecule has 9 heteroatoms. The topological polar surface area (TPSA) is 85.2 Å². The Hall–Kier alpha value is -2.65. The molecule has 0 aliphatic carbocycles. The molecule has 4 rings (SSSR count). The Morgan fingerprint density at radius 3 is 2.61 bits per heavy atom. The average Bonchev–Trinajstić information content (AvgIpc) is 3.18. The van der Waals surface area contributed by atoms with Crippen molar-refractivity contribution in [2.24, 2.45) is 7.05 Å². The largest absolute Gasteiger partial charge is 0.378 e. The highest BCUT2D eigenvalue weighted by Crippen LogP contribution is 2.30. The molecule has 33 heavy (non-hydrogen) atoms. The third-order valence-electron chi connectivity index (χ3n) is 5.92. The molecule has 0 radical (unpaired) electrons. The first-order valence-corrected chi connectivity index (χ1v) is 12.6. The summed E-state index contributed by atoms with van der Waals surface area (Å²) in [6.45, 7) is 9.05. The predicted octanol–water partition coefficient (Wildman–Crippen LogP) is 3.97. The summed E-state index contributed by atoms with van der Waals surface area (Å²) in [6.07, 6.45) is 2.17. The highest BCUT2D eigenvalue weighted by Gasteiger charge is 2.22. The number of hydrogen-bond acceptors (Lipinski definition) is 7. The second-order valence-electron chi connectivity index (χ2n) is 8.08. The van der Waals surface area contributed by atoms with Crippen LogP contribution in [0.4, 0.5) is 11.5 Å². The number of carbonyl (C=O) groups excluding carboxylic acids is 1. The van der Waals surface area contributed by atoms with Crippen molar-refractivity contribution in [3.8, 4) is 0 Å². The molecule has 0 bridgehead atoms. The minimum absolute atomic E-state index is 0.0291. The third kappa shape index (κ3) is 5.14. The number of ether oxygens (including phenoxy) is 1. The highest BCUT2D eigenvalue weighted by molar-refractivity contribution is 7.98. The minimum Gasteiger partial charge on any atom is -0.378 e. The van der Waals surface area contributed by atoms with Crippen LogP contribution >= 0.6 is 11.8 Å². The fourth-order valence-corrected chi connectivity index (χ4v) is 4.75. The second-order valence-corrected chi connectivity index (χ2v) is 9.02. The maximum absolute atomic E-state index is 12.0. The summed E-state index contributed by atoms with van der Waals surface area (Å²) in [5.41, 5.74) is 4.88. The number of aryl methyl sites for hydroxylation is 3. The van der Waals surface area contributed by atoms with Gasteiger partial charge in [-0.1, -0.05) is 44.7 Å². The van der Waals surface area contributed by atoms with E-state index < -0.39 is 0 Å². The molecule has 1 saturated heterocycles. The molecular formula is C24H32N6O2S. The number of benzene rings is 1. The van der Waals surface area contributed by atoms with E-state index >= 15 is 0 Å². The minimum atomic E-state index is 0.0291. The van der Waals surface area contributed by atoms with E-state index in [2.05, 4.69) is 46.8 Å². The molecule has 0 spiro atoms. The van der Waals surface area contributed by atoms with Crippen molar-refractivity contribution >= 4 is 40.3 Å². The normalized spacial score (nSPS) is 14.1. The number of hydrogen-bond donors (Lipinski definition) is 1. The predicted molar refractivity (Wildman–Crippen MR) is 133 cm³/mol. The van der Waals surface area contributed by atoms with Gasteiger partial charge >= 0.3 is 0 Å². The first-order valence-electron chi connectivity index (χ1n) is 11.6. The molecule has 1 N–H and O–H groups in total. The molecule has 1 aromatic carbocycles. The third-order valence-corrected chi connectivity index (χ3v) is 6.84. The molecule has 0 unspecified atom stereocenters. The van der Waals surface area contributed by atoms with Crippen LogP contribution in [0.1, 0.15) is 44.1 Å². The number of aromatic nitrogens is 4. The Kier molecular flexibility index (Phi) is 7.49. The number of nitrogens with one attached hydrogen (secondary N) is 1. The van der Waals surface area contributed by atoms with Gasteiger partial charge in [0.2, 0.25) is 5.91 Å². The summed E-state index contributed by atoms with van der Waals surface area (Å²) in [5, 5.41) is 3.76. The van der Waals surface area contributed by atoms with E-state index in [1.165, 1.54) is 0 Å². The van der Waals surface area contributed by atoms with Crippen molar-refractivity contribution in [3.05, 3.63) is 35.2 Å². The van der Waals surface area contributed by atoms with E-state index in [-0.39, 0.29) is 5.91 Å². The monoisotopic (exact) mass is 468 g/mol. The van der Waals surface area contributed by atoms with Gasteiger partial charge in [-0.15, -0.1) is 0 Å². The number of imidazole rings is 1. The zero-order valence-corrected chi connectivity index (χ0v) is 20.7. The Balaban J connectivity index is 1.63. The first kappa shape index (κ1) is 23.5. The van der Waals surface area contributed by atoms with Crippen molar-refractivity contribution in [2.75, 3.05) is 36.5 Å². The molecule has 2 aromatic heterocycles.